The van der Waals surface area contributed by atoms with Gasteiger partial charge in [0.1, 0.15) is 0 Å². The van der Waals surface area contributed by atoms with Gasteiger partial charge in [0.25, 0.3) is 6.10 Å². The molecule has 6 nitrogen and oxygen atoms in total. The molecule has 0 radical (unpaired) electrons. The Kier molecular flexibility index (Phi) is 16.6. The van der Waals surface area contributed by atoms with Crippen LogP contribution >= 0.6 is 0 Å². The molecule has 0 aliphatic carbocycles. The fourth-order valence-electron chi connectivity index (χ4n) is 4.08. The highest BCUT2D eigenvalue weighted by atomic mass is 16.6. The van der Waals surface area contributed by atoms with E-state index in [-0.39, 0.29) is 12.0 Å². The summed E-state index contributed by atoms with van der Waals surface area (Å²) < 4.78 is 10.4. The predicted molar refractivity (Wildman–Crippen MR) is 146 cm³/mol. The highest BCUT2D eigenvalue weighted by Gasteiger charge is 2.33. The molecule has 1 rings (SSSR count). The summed E-state index contributed by atoms with van der Waals surface area (Å²) in [6, 6.07) is 6.15. The number of Topliss-reactive ketones (excluding diaryl/α,β-unsaturated/α-hetero) is 1. The summed E-state index contributed by atoms with van der Waals surface area (Å²) in [5, 5.41) is 0. The first-order valence-electron chi connectivity index (χ1n) is 14.0. The van der Waals surface area contributed by atoms with Gasteiger partial charge < -0.3 is 15.2 Å². The number of nitrogen functional groups attached to an aromatic ring is 1. The number of ether oxygens (including phenoxy) is 2. The van der Waals surface area contributed by atoms with Crippen LogP contribution in [0.25, 0.3) is 0 Å². The molecule has 0 aliphatic rings. The maximum atomic E-state index is 12.8. The first-order chi connectivity index (χ1) is 17.2. The summed E-state index contributed by atoms with van der Waals surface area (Å²) in [4.78, 5) is 37.6. The Bertz CT molecular complexity index is 757. The molecule has 0 aliphatic heterocycles. The number of rotatable bonds is 20. The minimum atomic E-state index is -1.60. The molecule has 2 N–H and O–H groups in total. The van der Waals surface area contributed by atoms with Crippen molar-refractivity contribution in [3.05, 3.63) is 29.8 Å². The zero-order valence-electron chi connectivity index (χ0n) is 23.1. The van der Waals surface area contributed by atoms with E-state index in [0.717, 1.165) is 18.8 Å². The quantitative estimate of drug-likeness (QED) is 0.0653. The molecule has 0 heterocycles. The number of unbranched alkanes of at least 4 members (excludes halogenated alkanes) is 11. The van der Waals surface area contributed by atoms with Gasteiger partial charge in [-0.05, 0) is 50.5 Å². The molecule has 36 heavy (non-hydrogen) atoms. The van der Waals surface area contributed by atoms with Crippen molar-refractivity contribution >= 4 is 23.4 Å². The average molecular weight is 504 g/mol. The summed E-state index contributed by atoms with van der Waals surface area (Å²) in [6.07, 6.45) is 14.0. The lowest BCUT2D eigenvalue weighted by Crippen LogP contribution is -2.37. The summed E-state index contributed by atoms with van der Waals surface area (Å²) in [7, 11) is 0. The van der Waals surface area contributed by atoms with E-state index in [1.807, 2.05) is 0 Å². The fourth-order valence-corrected chi connectivity index (χ4v) is 4.08. The molecule has 0 spiro atoms. The monoisotopic (exact) mass is 503 g/mol. The SMILES string of the molecule is CC(C)CCCCCCCCCCCCCCC(=O)OC(C(=O)OC(C)C)C(=O)c1ccc(N)cc1. The van der Waals surface area contributed by atoms with Gasteiger partial charge in [-0.3, -0.25) is 9.59 Å². The average Bonchev–Trinajstić information content (AvgIpc) is 2.82. The van der Waals surface area contributed by atoms with Crippen LogP contribution in [0.15, 0.2) is 24.3 Å². The van der Waals surface area contributed by atoms with Crippen LogP contribution in [-0.4, -0.2) is 29.9 Å². The molecule has 0 bridgehead atoms. The van der Waals surface area contributed by atoms with Crippen LogP contribution in [-0.2, 0) is 19.1 Å². The number of hydrogen-bond acceptors (Lipinski definition) is 6. The van der Waals surface area contributed by atoms with Crippen molar-refractivity contribution in [1.82, 2.24) is 0 Å². The van der Waals surface area contributed by atoms with Crippen molar-refractivity contribution in [3.8, 4) is 0 Å². The van der Waals surface area contributed by atoms with E-state index < -0.39 is 29.9 Å². The van der Waals surface area contributed by atoms with Gasteiger partial charge in [0.2, 0.25) is 5.78 Å². The first kappa shape index (κ1) is 31.7. The molecule has 1 aromatic carbocycles. The van der Waals surface area contributed by atoms with Gasteiger partial charge in [-0.2, -0.15) is 0 Å². The largest absolute Gasteiger partial charge is 0.460 e. The van der Waals surface area contributed by atoms with E-state index in [4.69, 9.17) is 15.2 Å². The van der Waals surface area contributed by atoms with Gasteiger partial charge in [0.05, 0.1) is 6.10 Å². The lowest BCUT2D eigenvalue weighted by Gasteiger charge is -2.17. The van der Waals surface area contributed by atoms with E-state index in [1.165, 1.54) is 76.3 Å². The third-order valence-electron chi connectivity index (χ3n) is 6.16. The van der Waals surface area contributed by atoms with Crippen molar-refractivity contribution in [2.24, 2.45) is 5.92 Å². The molecule has 0 saturated heterocycles. The van der Waals surface area contributed by atoms with Crippen molar-refractivity contribution in [2.45, 2.75) is 130 Å². The van der Waals surface area contributed by atoms with E-state index in [2.05, 4.69) is 13.8 Å². The maximum absolute atomic E-state index is 12.8. The van der Waals surface area contributed by atoms with Crippen LogP contribution in [0, 0.1) is 5.92 Å². The van der Waals surface area contributed by atoms with Crippen LogP contribution in [0.2, 0.25) is 0 Å². The van der Waals surface area contributed by atoms with E-state index >= 15 is 0 Å². The Morgan fingerprint density at radius 2 is 1.17 bits per heavy atom. The molecule has 0 fully saturated rings. The van der Waals surface area contributed by atoms with Crippen molar-refractivity contribution in [3.63, 3.8) is 0 Å². The van der Waals surface area contributed by atoms with Gasteiger partial charge in [0, 0.05) is 17.7 Å². The number of anilines is 1. The number of carbonyl (C=O) groups is 3. The minimum Gasteiger partial charge on any atom is -0.460 e. The zero-order valence-corrected chi connectivity index (χ0v) is 23.1. The number of benzene rings is 1. The highest BCUT2D eigenvalue weighted by molar-refractivity contribution is 6.12. The summed E-state index contributed by atoms with van der Waals surface area (Å²) in [6.45, 7) is 7.94. The third-order valence-corrected chi connectivity index (χ3v) is 6.16. The molecule has 204 valence electrons. The predicted octanol–water partition coefficient (Wildman–Crippen LogP) is 7.43. The maximum Gasteiger partial charge on any atom is 0.356 e. The van der Waals surface area contributed by atoms with Crippen LogP contribution in [0.1, 0.15) is 128 Å². The molecule has 1 atom stereocenters. The minimum absolute atomic E-state index is 0.178. The first-order valence-corrected chi connectivity index (χ1v) is 14.0. The number of nitrogens with two attached hydrogens (primary N) is 1. The number of ketones is 1. The molecule has 6 heteroatoms. The van der Waals surface area contributed by atoms with Crippen molar-refractivity contribution in [2.75, 3.05) is 5.73 Å². The van der Waals surface area contributed by atoms with Gasteiger partial charge in [0.15, 0.2) is 0 Å². The lowest BCUT2D eigenvalue weighted by molar-refractivity contribution is -0.166. The van der Waals surface area contributed by atoms with E-state index in [1.54, 1.807) is 26.0 Å². The van der Waals surface area contributed by atoms with Crippen LogP contribution < -0.4 is 5.73 Å². The molecular formula is C30H49NO5. The van der Waals surface area contributed by atoms with Crippen LogP contribution in [0.4, 0.5) is 5.69 Å². The second-order valence-electron chi connectivity index (χ2n) is 10.5. The van der Waals surface area contributed by atoms with E-state index in [0.29, 0.717) is 12.1 Å². The number of hydrogen-bond donors (Lipinski definition) is 1. The Hall–Kier alpha value is -2.37. The van der Waals surface area contributed by atoms with Crippen molar-refractivity contribution in [1.29, 1.82) is 0 Å². The van der Waals surface area contributed by atoms with Crippen LogP contribution in [0.3, 0.4) is 0 Å². The Morgan fingerprint density at radius 3 is 1.64 bits per heavy atom. The normalized spacial score (nSPS) is 12.1. The summed E-state index contributed by atoms with van der Waals surface area (Å²) in [5.74, 6) is -1.19. The zero-order chi connectivity index (χ0) is 26.8. The standard InChI is InChI=1S/C30H49NO5/c1-23(2)17-15-13-11-9-7-5-6-8-10-12-14-16-18-27(32)36-29(30(34)35-24(3)4)28(33)25-19-21-26(31)22-20-25/h19-24,29H,5-18,31H2,1-4H3. The molecule has 0 amide bonds. The van der Waals surface area contributed by atoms with Crippen molar-refractivity contribution < 1.29 is 23.9 Å². The second-order valence-corrected chi connectivity index (χ2v) is 10.5. The summed E-state index contributed by atoms with van der Waals surface area (Å²) in [5.41, 5.74) is 6.41. The van der Waals surface area contributed by atoms with Gasteiger partial charge in [-0.15, -0.1) is 0 Å². The van der Waals surface area contributed by atoms with Gasteiger partial charge >= 0.3 is 11.9 Å². The molecular weight excluding hydrogens is 454 g/mol. The highest BCUT2D eigenvalue weighted by Crippen LogP contribution is 2.16. The molecule has 0 aromatic heterocycles. The van der Waals surface area contributed by atoms with Crippen LogP contribution in [0.5, 0.6) is 0 Å². The topological polar surface area (TPSA) is 95.7 Å². The van der Waals surface area contributed by atoms with Gasteiger partial charge in [-0.25, -0.2) is 4.79 Å². The Labute approximate surface area is 218 Å². The molecule has 0 saturated carbocycles. The molecule has 1 unspecified atom stereocenters. The molecule has 1 aromatic rings. The number of carbonyl (C=O) groups excluding carboxylic acids is 3. The van der Waals surface area contributed by atoms with E-state index in [9.17, 15) is 14.4 Å². The summed E-state index contributed by atoms with van der Waals surface area (Å²) >= 11 is 0. The smallest absolute Gasteiger partial charge is 0.356 e. The number of esters is 2. The Morgan fingerprint density at radius 1 is 0.694 bits per heavy atom. The fraction of sp³-hybridized carbons (Fsp3) is 0.700. The Balaban J connectivity index is 2.23. The lowest BCUT2D eigenvalue weighted by atomic mass is 10.0. The second kappa shape index (κ2) is 18.8. The third kappa shape index (κ3) is 14.9. The van der Waals surface area contributed by atoms with Gasteiger partial charge in [-0.1, -0.05) is 90.9 Å².